The van der Waals surface area contributed by atoms with Crippen LogP contribution in [0.2, 0.25) is 0 Å². The van der Waals surface area contributed by atoms with Crippen LogP contribution in [0.15, 0.2) is 33.6 Å². The van der Waals surface area contributed by atoms with E-state index in [-0.39, 0.29) is 10.8 Å². The Morgan fingerprint density at radius 3 is 2.33 bits per heavy atom. The lowest BCUT2D eigenvalue weighted by molar-refractivity contribution is -0.118. The minimum atomic E-state index is -3.82. The molecule has 0 aliphatic heterocycles. The molecule has 7 nitrogen and oxygen atoms in total. The van der Waals surface area contributed by atoms with Crippen LogP contribution in [0.1, 0.15) is 18.9 Å². The van der Waals surface area contributed by atoms with E-state index in [0.717, 1.165) is 4.47 Å². The van der Waals surface area contributed by atoms with Gasteiger partial charge < -0.3 is 0 Å². The molecular formula is C14H17BrN4O3S2. The third kappa shape index (κ3) is 4.82. The lowest BCUT2D eigenvalue weighted by Crippen LogP contribution is -2.47. The van der Waals surface area contributed by atoms with Crippen LogP contribution in [0.4, 0.5) is 5.13 Å². The molecule has 1 amide bonds. The van der Waals surface area contributed by atoms with Gasteiger partial charge in [0.15, 0.2) is 0 Å². The van der Waals surface area contributed by atoms with Gasteiger partial charge in [0.1, 0.15) is 11.0 Å². The molecule has 0 saturated heterocycles. The van der Waals surface area contributed by atoms with E-state index in [1.54, 1.807) is 32.9 Å². The van der Waals surface area contributed by atoms with E-state index >= 15 is 0 Å². The summed E-state index contributed by atoms with van der Waals surface area (Å²) in [5.74, 6) is -0.717. The molecular weight excluding hydrogens is 416 g/mol. The van der Waals surface area contributed by atoms with Crippen molar-refractivity contribution in [2.45, 2.75) is 31.7 Å². The first-order valence-electron chi connectivity index (χ1n) is 7.08. The highest BCUT2D eigenvalue weighted by molar-refractivity contribution is 9.10. The second-order valence-corrected chi connectivity index (χ2v) is 9.22. The zero-order chi connectivity index (χ0) is 17.9. The van der Waals surface area contributed by atoms with Crippen LogP contribution in [-0.2, 0) is 14.8 Å². The molecule has 1 heterocycles. The van der Waals surface area contributed by atoms with Gasteiger partial charge in [-0.25, -0.2) is 8.42 Å². The summed E-state index contributed by atoms with van der Waals surface area (Å²) in [5, 5.41) is 11.3. The first-order chi connectivity index (χ1) is 11.2. The summed E-state index contributed by atoms with van der Waals surface area (Å²) in [6.07, 6.45) is 0. The Morgan fingerprint density at radius 1 is 1.21 bits per heavy atom. The Bertz CT molecular complexity index is 819. The number of sulfonamides is 1. The maximum Gasteiger partial charge on any atom is 0.244 e. The molecule has 0 fully saturated rings. The second-order valence-electron chi connectivity index (χ2n) is 5.41. The van der Waals surface area contributed by atoms with Gasteiger partial charge in [-0.15, -0.1) is 10.2 Å². The van der Waals surface area contributed by atoms with E-state index in [1.165, 1.54) is 23.5 Å². The molecule has 10 heteroatoms. The highest BCUT2D eigenvalue weighted by Crippen LogP contribution is 2.18. The first-order valence-corrected chi connectivity index (χ1v) is 10.2. The molecule has 0 saturated carbocycles. The molecule has 1 aromatic heterocycles. The number of aromatic nitrogens is 2. The number of benzene rings is 1. The molecule has 0 aliphatic rings. The van der Waals surface area contributed by atoms with E-state index in [1.807, 2.05) is 0 Å². The predicted octanol–water partition coefficient (Wildman–Crippen LogP) is 2.55. The number of carbonyl (C=O) groups is 1. The van der Waals surface area contributed by atoms with Gasteiger partial charge in [-0.3, -0.25) is 10.1 Å². The number of anilines is 1. The zero-order valence-electron chi connectivity index (χ0n) is 13.3. The molecule has 1 aromatic carbocycles. The van der Waals surface area contributed by atoms with Gasteiger partial charge in [0.2, 0.25) is 21.1 Å². The first kappa shape index (κ1) is 19.0. The highest BCUT2D eigenvalue weighted by Gasteiger charge is 2.29. The minimum absolute atomic E-state index is 0.0934. The van der Waals surface area contributed by atoms with Gasteiger partial charge in [0.25, 0.3) is 0 Å². The van der Waals surface area contributed by atoms with Crippen molar-refractivity contribution in [2.24, 2.45) is 5.92 Å². The monoisotopic (exact) mass is 432 g/mol. The maximum absolute atomic E-state index is 12.5. The summed E-state index contributed by atoms with van der Waals surface area (Å²) < 4.78 is 28.2. The Labute approximate surface area is 153 Å². The van der Waals surface area contributed by atoms with E-state index in [4.69, 9.17) is 0 Å². The summed E-state index contributed by atoms with van der Waals surface area (Å²) in [5.41, 5.74) is 0. The fraction of sp³-hybridized carbons (Fsp3) is 0.357. The number of aryl methyl sites for hydroxylation is 1. The van der Waals surface area contributed by atoms with Crippen LogP contribution >= 0.6 is 27.3 Å². The number of nitrogens with one attached hydrogen (secondary N) is 2. The summed E-state index contributed by atoms with van der Waals surface area (Å²) in [4.78, 5) is 12.5. The normalized spacial score (nSPS) is 13.0. The van der Waals surface area contributed by atoms with Crippen molar-refractivity contribution >= 4 is 48.3 Å². The smallest absolute Gasteiger partial charge is 0.244 e. The molecule has 2 N–H and O–H groups in total. The number of halogens is 1. The molecule has 2 aromatic rings. The van der Waals surface area contributed by atoms with Crippen molar-refractivity contribution in [1.82, 2.24) is 14.9 Å². The minimum Gasteiger partial charge on any atom is -0.299 e. The van der Waals surface area contributed by atoms with Gasteiger partial charge in [0, 0.05) is 4.47 Å². The maximum atomic E-state index is 12.5. The average molecular weight is 433 g/mol. The van der Waals surface area contributed by atoms with E-state index < -0.39 is 22.0 Å². The fourth-order valence-electron chi connectivity index (χ4n) is 1.87. The molecule has 0 bridgehead atoms. The number of amides is 1. The van der Waals surface area contributed by atoms with Crippen LogP contribution < -0.4 is 10.0 Å². The van der Waals surface area contributed by atoms with E-state index in [2.05, 4.69) is 36.2 Å². The van der Waals surface area contributed by atoms with Crippen molar-refractivity contribution in [2.75, 3.05) is 5.32 Å². The molecule has 0 spiro atoms. The van der Waals surface area contributed by atoms with Crippen molar-refractivity contribution in [3.63, 3.8) is 0 Å². The quantitative estimate of drug-likeness (QED) is 0.729. The van der Waals surface area contributed by atoms with E-state index in [0.29, 0.717) is 10.1 Å². The lowest BCUT2D eigenvalue weighted by atomic mass is 10.1. The van der Waals surface area contributed by atoms with Gasteiger partial charge in [-0.05, 0) is 37.1 Å². The largest absolute Gasteiger partial charge is 0.299 e. The number of carbonyl (C=O) groups excluding carboxylic acids is 1. The van der Waals surface area contributed by atoms with Crippen molar-refractivity contribution in [3.05, 3.63) is 33.7 Å². The van der Waals surface area contributed by atoms with E-state index in [9.17, 15) is 13.2 Å². The standard InChI is InChI=1S/C14H17BrN4O3S2/c1-8(2)12(13(20)16-14-18-17-9(3)23-14)19-24(21,22)11-6-4-10(15)5-7-11/h4-8,12,19H,1-3H3,(H,16,18,20)/t12-/m0/s1. The summed E-state index contributed by atoms with van der Waals surface area (Å²) >= 11 is 4.48. The number of rotatable bonds is 6. The van der Waals surface area contributed by atoms with Crippen LogP contribution in [0, 0.1) is 12.8 Å². The fourth-order valence-corrected chi connectivity index (χ4v) is 4.07. The topological polar surface area (TPSA) is 101 Å². The highest BCUT2D eigenvalue weighted by atomic mass is 79.9. The molecule has 1 atom stereocenters. The molecule has 0 aliphatic carbocycles. The van der Waals surface area contributed by atoms with Gasteiger partial charge in [-0.1, -0.05) is 41.1 Å². The Kier molecular flexibility index (Phi) is 6.07. The Hall–Kier alpha value is -1.36. The lowest BCUT2D eigenvalue weighted by Gasteiger charge is -2.21. The van der Waals surface area contributed by atoms with Gasteiger partial charge in [-0.2, -0.15) is 4.72 Å². The zero-order valence-corrected chi connectivity index (χ0v) is 16.5. The Balaban J connectivity index is 2.18. The SMILES string of the molecule is Cc1nnc(NC(=O)[C@@H](NS(=O)(=O)c2ccc(Br)cc2)C(C)C)s1. The van der Waals surface area contributed by atoms with Crippen LogP contribution in [-0.4, -0.2) is 30.6 Å². The predicted molar refractivity (Wildman–Crippen MR) is 96.4 cm³/mol. The molecule has 2 rings (SSSR count). The second kappa shape index (κ2) is 7.68. The number of hydrogen-bond donors (Lipinski definition) is 2. The molecule has 0 unspecified atom stereocenters. The van der Waals surface area contributed by atoms with Gasteiger partial charge in [0.05, 0.1) is 4.90 Å². The van der Waals surface area contributed by atoms with Crippen molar-refractivity contribution in [3.8, 4) is 0 Å². The summed E-state index contributed by atoms with van der Waals surface area (Å²) in [7, 11) is -3.82. The number of hydrogen-bond acceptors (Lipinski definition) is 6. The molecule has 130 valence electrons. The third-order valence-corrected chi connectivity index (χ3v) is 5.85. The summed E-state index contributed by atoms with van der Waals surface area (Å²) in [6.45, 7) is 5.29. The van der Waals surface area contributed by atoms with Crippen molar-refractivity contribution < 1.29 is 13.2 Å². The Morgan fingerprint density at radius 2 is 1.83 bits per heavy atom. The average Bonchev–Trinajstić information content (AvgIpc) is 2.90. The van der Waals surface area contributed by atoms with Crippen molar-refractivity contribution in [1.29, 1.82) is 0 Å². The summed E-state index contributed by atoms with van der Waals surface area (Å²) in [6, 6.07) is 5.26. The molecule has 0 radical (unpaired) electrons. The third-order valence-electron chi connectivity index (χ3n) is 3.11. The van der Waals surface area contributed by atoms with Crippen LogP contribution in [0.5, 0.6) is 0 Å². The van der Waals surface area contributed by atoms with Gasteiger partial charge >= 0.3 is 0 Å². The van der Waals surface area contributed by atoms with Crippen LogP contribution in [0.25, 0.3) is 0 Å². The molecule has 24 heavy (non-hydrogen) atoms. The number of nitrogens with zero attached hydrogens (tertiary/aromatic N) is 2. The van der Waals surface area contributed by atoms with Crippen LogP contribution in [0.3, 0.4) is 0 Å².